The van der Waals surface area contributed by atoms with Crippen molar-refractivity contribution in [3.05, 3.63) is 35.5 Å². The fourth-order valence-corrected chi connectivity index (χ4v) is 2.92. The minimum Gasteiger partial charge on any atom is -0.262 e. The Morgan fingerprint density at radius 1 is 1.37 bits per heavy atom. The van der Waals surface area contributed by atoms with E-state index in [9.17, 15) is 8.42 Å². The van der Waals surface area contributed by atoms with Gasteiger partial charge in [0, 0.05) is 12.1 Å². The van der Waals surface area contributed by atoms with E-state index in [0.29, 0.717) is 11.7 Å². The lowest BCUT2D eigenvalue weighted by molar-refractivity contribution is 0.590. The van der Waals surface area contributed by atoms with Crippen LogP contribution in [-0.2, 0) is 15.6 Å². The monoisotopic (exact) mass is 278 g/mol. The smallest absolute Gasteiger partial charge is 0.202 e. The van der Waals surface area contributed by atoms with Gasteiger partial charge in [0.05, 0.1) is 0 Å². The molecule has 19 heavy (non-hydrogen) atoms. The lowest BCUT2D eigenvalue weighted by Crippen LogP contribution is -2.08. The second kappa shape index (κ2) is 4.41. The van der Waals surface area contributed by atoms with Crippen molar-refractivity contribution >= 4 is 9.84 Å². The normalized spacial score (nSPS) is 15.6. The quantitative estimate of drug-likeness (QED) is 0.912. The van der Waals surface area contributed by atoms with Crippen LogP contribution in [0.5, 0.6) is 0 Å². The number of aromatic amines is 1. The molecule has 1 N–H and O–H groups in total. The van der Waals surface area contributed by atoms with Crippen molar-refractivity contribution in [1.29, 1.82) is 0 Å². The van der Waals surface area contributed by atoms with E-state index >= 15 is 0 Å². The van der Waals surface area contributed by atoms with Crippen molar-refractivity contribution in [3.63, 3.8) is 0 Å². The maximum Gasteiger partial charge on any atom is 0.202 e. The number of hydrogen-bond donors (Lipinski definition) is 1. The second-order valence-electron chi connectivity index (χ2n) is 4.85. The first kappa shape index (κ1) is 12.3. The molecule has 6 nitrogen and oxygen atoms in total. The van der Waals surface area contributed by atoms with Crippen LogP contribution in [0.25, 0.3) is 0 Å². The van der Waals surface area contributed by atoms with E-state index < -0.39 is 9.84 Å². The predicted molar refractivity (Wildman–Crippen MR) is 68.2 cm³/mol. The Morgan fingerprint density at radius 2 is 2.16 bits per heavy atom. The summed E-state index contributed by atoms with van der Waals surface area (Å²) in [4.78, 5) is 8.18. The van der Waals surface area contributed by atoms with Crippen molar-refractivity contribution in [2.45, 2.75) is 36.5 Å². The Morgan fingerprint density at radius 3 is 2.79 bits per heavy atom. The molecule has 0 aliphatic heterocycles. The maximum absolute atomic E-state index is 12.2. The topological polar surface area (TPSA) is 88.6 Å². The summed E-state index contributed by atoms with van der Waals surface area (Å²) in [6, 6.07) is 3.25. The Bertz CT molecular complexity index is 687. The fourth-order valence-electron chi connectivity index (χ4n) is 1.79. The number of nitrogens with one attached hydrogen (secondary N) is 1. The van der Waals surface area contributed by atoms with Gasteiger partial charge in [-0.1, -0.05) is 6.07 Å². The van der Waals surface area contributed by atoms with E-state index in [2.05, 4.69) is 20.2 Å². The SMILES string of the molecule is Cc1ccc(S(=O)(=O)Cc2nc(C3CC3)n[nH]2)nc1. The Hall–Kier alpha value is -1.76. The van der Waals surface area contributed by atoms with Crippen LogP contribution < -0.4 is 0 Å². The van der Waals surface area contributed by atoms with E-state index in [-0.39, 0.29) is 10.8 Å². The van der Waals surface area contributed by atoms with Crippen molar-refractivity contribution in [2.75, 3.05) is 0 Å². The molecule has 0 spiro atoms. The number of sulfone groups is 1. The van der Waals surface area contributed by atoms with E-state index in [0.717, 1.165) is 24.2 Å². The molecule has 1 saturated carbocycles. The third-order valence-corrected chi connectivity index (χ3v) is 4.55. The molecule has 0 aromatic carbocycles. The van der Waals surface area contributed by atoms with Gasteiger partial charge in [-0.05, 0) is 31.4 Å². The van der Waals surface area contributed by atoms with E-state index in [1.54, 1.807) is 12.3 Å². The summed E-state index contributed by atoms with van der Waals surface area (Å²) in [5, 5.41) is 6.82. The zero-order chi connectivity index (χ0) is 13.5. The van der Waals surface area contributed by atoms with Gasteiger partial charge in [0.1, 0.15) is 11.6 Å². The molecule has 0 saturated heterocycles. The first-order valence-electron chi connectivity index (χ1n) is 6.11. The van der Waals surface area contributed by atoms with Crippen molar-refractivity contribution in [3.8, 4) is 0 Å². The summed E-state index contributed by atoms with van der Waals surface area (Å²) in [7, 11) is -3.47. The highest BCUT2D eigenvalue weighted by Crippen LogP contribution is 2.37. The number of aromatic nitrogens is 4. The average molecular weight is 278 g/mol. The highest BCUT2D eigenvalue weighted by molar-refractivity contribution is 7.90. The first-order chi connectivity index (χ1) is 9.04. The molecule has 0 unspecified atom stereocenters. The highest BCUT2D eigenvalue weighted by atomic mass is 32.2. The van der Waals surface area contributed by atoms with E-state index in [1.165, 1.54) is 6.07 Å². The van der Waals surface area contributed by atoms with Crippen LogP contribution >= 0.6 is 0 Å². The van der Waals surface area contributed by atoms with Gasteiger partial charge in [-0.3, -0.25) is 5.10 Å². The summed E-state index contributed by atoms with van der Waals surface area (Å²) in [5.74, 6) is 1.32. The van der Waals surface area contributed by atoms with Gasteiger partial charge in [0.2, 0.25) is 9.84 Å². The molecule has 3 rings (SSSR count). The minimum atomic E-state index is -3.47. The molecule has 1 aliphatic rings. The van der Waals surface area contributed by atoms with Crippen LogP contribution in [0.15, 0.2) is 23.4 Å². The van der Waals surface area contributed by atoms with E-state index in [4.69, 9.17) is 0 Å². The molecular weight excluding hydrogens is 264 g/mol. The molecule has 1 fully saturated rings. The highest BCUT2D eigenvalue weighted by Gasteiger charge is 2.28. The summed E-state index contributed by atoms with van der Waals surface area (Å²) in [5.41, 5.74) is 0.926. The number of hydrogen-bond acceptors (Lipinski definition) is 5. The summed E-state index contributed by atoms with van der Waals surface area (Å²) in [6.07, 6.45) is 3.72. The van der Waals surface area contributed by atoms with Crippen LogP contribution in [0.4, 0.5) is 0 Å². The molecular formula is C12H14N4O2S. The zero-order valence-electron chi connectivity index (χ0n) is 10.5. The first-order valence-corrected chi connectivity index (χ1v) is 7.76. The largest absolute Gasteiger partial charge is 0.262 e. The van der Waals surface area contributed by atoms with Crippen molar-refractivity contribution < 1.29 is 8.42 Å². The predicted octanol–water partition coefficient (Wildman–Crippen LogP) is 1.36. The lowest BCUT2D eigenvalue weighted by Gasteiger charge is -2.01. The average Bonchev–Trinajstić information content (AvgIpc) is 3.11. The molecule has 2 heterocycles. The number of rotatable bonds is 4. The van der Waals surface area contributed by atoms with Gasteiger partial charge in [-0.25, -0.2) is 18.4 Å². The van der Waals surface area contributed by atoms with Gasteiger partial charge >= 0.3 is 0 Å². The second-order valence-corrected chi connectivity index (χ2v) is 6.78. The number of pyridine rings is 1. The Labute approximate surface area is 111 Å². The molecule has 0 radical (unpaired) electrons. The molecule has 1 aliphatic carbocycles. The van der Waals surface area contributed by atoms with Crippen LogP contribution in [0.1, 0.15) is 36.0 Å². The molecule has 0 bridgehead atoms. The van der Waals surface area contributed by atoms with Crippen LogP contribution in [0.2, 0.25) is 0 Å². The van der Waals surface area contributed by atoms with Crippen LogP contribution in [-0.4, -0.2) is 28.6 Å². The molecule has 100 valence electrons. The number of aryl methyl sites for hydroxylation is 1. The number of nitrogens with zero attached hydrogens (tertiary/aromatic N) is 3. The Kier molecular flexibility index (Phi) is 2.85. The molecule has 0 amide bonds. The third kappa shape index (κ3) is 2.65. The van der Waals surface area contributed by atoms with Crippen molar-refractivity contribution in [1.82, 2.24) is 20.2 Å². The Balaban J connectivity index is 1.81. The molecule has 7 heteroatoms. The van der Waals surface area contributed by atoms with Gasteiger partial charge < -0.3 is 0 Å². The lowest BCUT2D eigenvalue weighted by atomic mass is 10.3. The van der Waals surface area contributed by atoms with Crippen LogP contribution in [0.3, 0.4) is 0 Å². The van der Waals surface area contributed by atoms with Crippen molar-refractivity contribution in [2.24, 2.45) is 0 Å². The summed E-state index contributed by atoms with van der Waals surface area (Å²) < 4.78 is 24.3. The summed E-state index contributed by atoms with van der Waals surface area (Å²) in [6.45, 7) is 1.86. The molecule has 2 aromatic heterocycles. The molecule has 0 atom stereocenters. The van der Waals surface area contributed by atoms with Gasteiger partial charge in [-0.2, -0.15) is 5.10 Å². The van der Waals surface area contributed by atoms with Gasteiger partial charge in [-0.15, -0.1) is 0 Å². The van der Waals surface area contributed by atoms with Gasteiger partial charge in [0.15, 0.2) is 10.9 Å². The number of H-pyrrole nitrogens is 1. The standard InChI is InChI=1S/C12H14N4O2S/c1-8-2-5-11(13-6-8)19(17,18)7-10-14-12(16-15-10)9-3-4-9/h2,5-6,9H,3-4,7H2,1H3,(H,14,15,16). The molecule has 2 aromatic rings. The minimum absolute atomic E-state index is 0.0717. The van der Waals surface area contributed by atoms with Crippen LogP contribution in [0, 0.1) is 6.92 Å². The third-order valence-electron chi connectivity index (χ3n) is 3.02. The van der Waals surface area contributed by atoms with E-state index in [1.807, 2.05) is 6.92 Å². The van der Waals surface area contributed by atoms with Gasteiger partial charge in [0.25, 0.3) is 0 Å². The summed E-state index contributed by atoms with van der Waals surface area (Å²) >= 11 is 0. The fraction of sp³-hybridized carbons (Fsp3) is 0.417. The maximum atomic E-state index is 12.2. The zero-order valence-corrected chi connectivity index (χ0v) is 11.3.